The number of methoxy groups -OCH3 is 3. The van der Waals surface area contributed by atoms with Gasteiger partial charge in [0.1, 0.15) is 5.56 Å². The molecule has 0 unspecified atom stereocenters. The molecule has 0 radical (unpaired) electrons. The van der Waals surface area contributed by atoms with Gasteiger partial charge in [0.15, 0.2) is 11.6 Å². The van der Waals surface area contributed by atoms with Crippen molar-refractivity contribution in [3.63, 3.8) is 0 Å². The molecule has 0 aliphatic rings. The van der Waals surface area contributed by atoms with Gasteiger partial charge in [0, 0.05) is 37.3 Å². The molecule has 1 amide bonds. The van der Waals surface area contributed by atoms with E-state index in [2.05, 4.69) is 15.4 Å². The first-order valence-corrected chi connectivity index (χ1v) is 9.19. The summed E-state index contributed by atoms with van der Waals surface area (Å²) in [5.74, 6) is -0.542. The first-order valence-electron chi connectivity index (χ1n) is 9.19. The molecule has 0 saturated heterocycles. The Hall–Kier alpha value is -4.15. The van der Waals surface area contributed by atoms with Gasteiger partial charge in [0.2, 0.25) is 11.5 Å². The number of amides is 1. The number of ether oxygens (including phenoxy) is 3. The normalized spacial score (nSPS) is 10.4. The number of carbonyl (C=O) groups excluding carboxylic acids is 1. The summed E-state index contributed by atoms with van der Waals surface area (Å²) in [4.78, 5) is 27.8. The number of nitro benzene ring substituents is 1. The molecule has 0 saturated carbocycles. The van der Waals surface area contributed by atoms with Crippen molar-refractivity contribution in [1.29, 1.82) is 0 Å². The van der Waals surface area contributed by atoms with E-state index in [-0.39, 0.29) is 28.6 Å². The Balaban J connectivity index is 1.83. The van der Waals surface area contributed by atoms with Crippen LogP contribution < -0.4 is 19.5 Å². The summed E-state index contributed by atoms with van der Waals surface area (Å²) >= 11 is 0. The molecule has 0 aliphatic carbocycles. The molecule has 0 spiro atoms. The van der Waals surface area contributed by atoms with Crippen LogP contribution in [0.2, 0.25) is 0 Å². The van der Waals surface area contributed by atoms with Crippen LogP contribution in [-0.4, -0.2) is 46.9 Å². The van der Waals surface area contributed by atoms with E-state index >= 15 is 0 Å². The monoisotopic (exact) mass is 427 g/mol. The van der Waals surface area contributed by atoms with E-state index in [0.717, 1.165) is 12.0 Å². The predicted octanol–water partition coefficient (Wildman–Crippen LogP) is 2.71. The van der Waals surface area contributed by atoms with E-state index in [0.29, 0.717) is 6.54 Å². The number of anilines is 1. The molecule has 1 N–H and O–H groups in total. The maximum absolute atomic E-state index is 12.8. The number of nitro groups is 1. The summed E-state index contributed by atoms with van der Waals surface area (Å²) in [6, 6.07) is 6.66. The lowest BCUT2D eigenvalue weighted by Gasteiger charge is -2.14. The lowest BCUT2D eigenvalue weighted by molar-refractivity contribution is -0.386. The SMILES string of the molecule is COc1cc(C(=O)Nc2ccn(CCc3ccncc3)n2)c([N+](=O)[O-])c(OC)c1OC. The fourth-order valence-electron chi connectivity index (χ4n) is 3.03. The number of nitrogens with one attached hydrogen (secondary N) is 1. The first kappa shape index (κ1) is 21.6. The van der Waals surface area contributed by atoms with E-state index in [1.807, 2.05) is 12.1 Å². The molecule has 2 heterocycles. The number of hydrogen-bond acceptors (Lipinski definition) is 8. The standard InChI is InChI=1S/C20H21N5O6/c1-29-15-12-14(17(25(27)28)19(31-3)18(15)30-2)20(26)22-16-7-11-24(23-16)10-6-13-4-8-21-9-5-13/h4-5,7-9,11-12H,6,10H2,1-3H3,(H,22,23,26). The lowest BCUT2D eigenvalue weighted by Crippen LogP contribution is -2.16. The van der Waals surface area contributed by atoms with Crippen molar-refractivity contribution in [2.45, 2.75) is 13.0 Å². The minimum absolute atomic E-state index is 0.0219. The lowest BCUT2D eigenvalue weighted by atomic mass is 10.1. The zero-order chi connectivity index (χ0) is 22.4. The molecule has 31 heavy (non-hydrogen) atoms. The van der Waals surface area contributed by atoms with Crippen LogP contribution in [0.25, 0.3) is 0 Å². The van der Waals surface area contributed by atoms with Gasteiger partial charge in [0.25, 0.3) is 5.91 Å². The molecule has 11 heteroatoms. The van der Waals surface area contributed by atoms with E-state index in [1.165, 1.54) is 27.4 Å². The van der Waals surface area contributed by atoms with Crippen LogP contribution >= 0.6 is 0 Å². The second-order valence-electron chi connectivity index (χ2n) is 6.32. The van der Waals surface area contributed by atoms with Crippen molar-refractivity contribution < 1.29 is 23.9 Å². The molecule has 3 aromatic rings. The zero-order valence-corrected chi connectivity index (χ0v) is 17.2. The number of rotatable bonds is 9. The van der Waals surface area contributed by atoms with Crippen molar-refractivity contribution in [1.82, 2.24) is 14.8 Å². The fourth-order valence-corrected chi connectivity index (χ4v) is 3.03. The smallest absolute Gasteiger partial charge is 0.327 e. The fraction of sp³-hybridized carbons (Fsp3) is 0.250. The Morgan fingerprint density at radius 1 is 1.13 bits per heavy atom. The third-order valence-corrected chi connectivity index (χ3v) is 4.49. The highest BCUT2D eigenvalue weighted by Crippen LogP contribution is 2.46. The van der Waals surface area contributed by atoms with Crippen LogP contribution in [0.4, 0.5) is 11.5 Å². The topological polar surface area (TPSA) is 131 Å². The molecule has 162 valence electrons. The van der Waals surface area contributed by atoms with Gasteiger partial charge in [-0.1, -0.05) is 0 Å². The van der Waals surface area contributed by atoms with Gasteiger partial charge >= 0.3 is 5.69 Å². The molecule has 2 aromatic heterocycles. The number of hydrogen-bond donors (Lipinski definition) is 1. The molecule has 0 aliphatic heterocycles. The van der Waals surface area contributed by atoms with E-state index in [4.69, 9.17) is 14.2 Å². The average Bonchev–Trinajstić information content (AvgIpc) is 3.23. The Kier molecular flexibility index (Phi) is 6.65. The van der Waals surface area contributed by atoms with Crippen LogP contribution in [-0.2, 0) is 13.0 Å². The highest BCUT2D eigenvalue weighted by Gasteiger charge is 2.32. The Morgan fingerprint density at radius 3 is 2.45 bits per heavy atom. The highest BCUT2D eigenvalue weighted by molar-refractivity contribution is 6.08. The summed E-state index contributed by atoms with van der Waals surface area (Å²) in [7, 11) is 3.92. The zero-order valence-electron chi connectivity index (χ0n) is 17.2. The number of pyridine rings is 1. The van der Waals surface area contributed by atoms with Crippen molar-refractivity contribution >= 4 is 17.4 Å². The number of aryl methyl sites for hydroxylation is 2. The van der Waals surface area contributed by atoms with Gasteiger partial charge in [-0.25, -0.2) is 0 Å². The molecule has 0 atom stereocenters. The van der Waals surface area contributed by atoms with Gasteiger partial charge in [-0.2, -0.15) is 5.10 Å². The third kappa shape index (κ3) is 4.71. The van der Waals surface area contributed by atoms with Crippen LogP contribution in [0.5, 0.6) is 17.2 Å². The van der Waals surface area contributed by atoms with Gasteiger partial charge in [0.05, 0.1) is 26.3 Å². The molecular weight excluding hydrogens is 406 g/mol. The average molecular weight is 427 g/mol. The summed E-state index contributed by atoms with van der Waals surface area (Å²) in [5.41, 5.74) is 0.324. The summed E-state index contributed by atoms with van der Waals surface area (Å²) in [6.45, 7) is 0.588. The van der Waals surface area contributed by atoms with Crippen molar-refractivity contribution in [2.24, 2.45) is 0 Å². The minimum Gasteiger partial charge on any atom is -0.493 e. The van der Waals surface area contributed by atoms with Crippen molar-refractivity contribution in [2.75, 3.05) is 26.6 Å². The highest BCUT2D eigenvalue weighted by atomic mass is 16.6. The quantitative estimate of drug-likeness (QED) is 0.407. The van der Waals surface area contributed by atoms with Crippen LogP contribution in [0, 0.1) is 10.1 Å². The summed E-state index contributed by atoms with van der Waals surface area (Å²) < 4.78 is 17.2. The second kappa shape index (κ2) is 9.57. The third-order valence-electron chi connectivity index (χ3n) is 4.49. The molecule has 0 fully saturated rings. The molecule has 0 bridgehead atoms. The number of aromatic nitrogens is 3. The second-order valence-corrected chi connectivity index (χ2v) is 6.32. The molecular formula is C20H21N5O6. The first-order chi connectivity index (χ1) is 15.0. The van der Waals surface area contributed by atoms with Crippen LogP contribution in [0.15, 0.2) is 42.9 Å². The van der Waals surface area contributed by atoms with Crippen molar-refractivity contribution in [3.05, 3.63) is 64.1 Å². The van der Waals surface area contributed by atoms with Gasteiger partial charge in [-0.15, -0.1) is 0 Å². The summed E-state index contributed by atoms with van der Waals surface area (Å²) in [6.07, 6.45) is 5.87. The van der Waals surface area contributed by atoms with Crippen LogP contribution in [0.3, 0.4) is 0 Å². The maximum Gasteiger partial charge on any atom is 0.327 e. The number of nitrogens with zero attached hydrogens (tertiary/aromatic N) is 4. The minimum atomic E-state index is -0.731. The van der Waals surface area contributed by atoms with Crippen LogP contribution in [0.1, 0.15) is 15.9 Å². The largest absolute Gasteiger partial charge is 0.493 e. The molecule has 11 nitrogen and oxygen atoms in total. The van der Waals surface area contributed by atoms with Gasteiger partial charge < -0.3 is 19.5 Å². The van der Waals surface area contributed by atoms with E-state index in [1.54, 1.807) is 29.3 Å². The summed E-state index contributed by atoms with van der Waals surface area (Å²) in [5, 5.41) is 18.5. The molecule has 3 rings (SSSR count). The number of carbonyl (C=O) groups is 1. The van der Waals surface area contributed by atoms with Crippen molar-refractivity contribution in [3.8, 4) is 17.2 Å². The Bertz CT molecular complexity index is 1080. The predicted molar refractivity (Wildman–Crippen MR) is 111 cm³/mol. The molecule has 1 aromatic carbocycles. The van der Waals surface area contributed by atoms with E-state index < -0.39 is 16.5 Å². The van der Waals surface area contributed by atoms with Gasteiger partial charge in [-0.05, 0) is 24.1 Å². The van der Waals surface area contributed by atoms with Gasteiger partial charge in [-0.3, -0.25) is 24.6 Å². The maximum atomic E-state index is 12.8. The number of benzene rings is 1. The van der Waals surface area contributed by atoms with E-state index in [9.17, 15) is 14.9 Å². The Labute approximate surface area is 177 Å². The Morgan fingerprint density at radius 2 is 1.84 bits per heavy atom.